The number of esters is 1. The predicted molar refractivity (Wildman–Crippen MR) is 136 cm³/mol. The summed E-state index contributed by atoms with van der Waals surface area (Å²) < 4.78 is 5.38. The summed E-state index contributed by atoms with van der Waals surface area (Å²) in [5.74, 6) is -0.755. The van der Waals surface area contributed by atoms with Crippen LogP contribution >= 0.6 is 0 Å². The first kappa shape index (κ1) is 25.2. The van der Waals surface area contributed by atoms with E-state index < -0.39 is 10.8 Å². The Balaban J connectivity index is 1.70. The van der Waals surface area contributed by atoms with Gasteiger partial charge in [0.05, 0.1) is 18.1 Å². The Kier molecular flexibility index (Phi) is 5.26. The second kappa shape index (κ2) is 7.53. The van der Waals surface area contributed by atoms with Crippen LogP contribution in [0.5, 0.6) is 0 Å². The third kappa shape index (κ3) is 2.91. The van der Waals surface area contributed by atoms with E-state index in [2.05, 4.69) is 47.3 Å². The van der Waals surface area contributed by atoms with Crippen molar-refractivity contribution in [3.05, 3.63) is 35.5 Å². The van der Waals surface area contributed by atoms with Crippen molar-refractivity contribution < 1.29 is 19.1 Å². The van der Waals surface area contributed by atoms with Gasteiger partial charge in [0.25, 0.3) is 0 Å². The van der Waals surface area contributed by atoms with Crippen LogP contribution in [-0.4, -0.2) is 24.6 Å². The molecular weight excluding hydrogens is 450 g/mol. The lowest BCUT2D eigenvalue weighted by Gasteiger charge is -2.68. The standard InChI is InChI=1S/C31H39NO4/c1-18-20-8-9-29(5)23(28(20,4)15-19(17-32)25(18)34)14-22(33)24-21-16-27(2,3)10-12-31(21,26(35)36-7)13-11-30(24,29)6/h14-15,20-21,24H,1,8-13,16H2,2-7H3/t20?,21?,24?,28-,29+,30+,31-/m0/s1. The van der Waals surface area contributed by atoms with Crippen molar-refractivity contribution in [2.75, 3.05) is 7.11 Å². The molecule has 5 aliphatic carbocycles. The van der Waals surface area contributed by atoms with Gasteiger partial charge in [-0.2, -0.15) is 5.26 Å². The van der Waals surface area contributed by atoms with Crippen molar-refractivity contribution >= 4 is 17.5 Å². The summed E-state index contributed by atoms with van der Waals surface area (Å²) in [6.45, 7) is 15.2. The van der Waals surface area contributed by atoms with E-state index in [1.807, 2.05) is 12.2 Å². The zero-order chi connectivity index (χ0) is 26.5. The molecule has 0 aromatic carbocycles. The molecule has 0 spiro atoms. The van der Waals surface area contributed by atoms with Crippen LogP contribution in [0.1, 0.15) is 79.6 Å². The molecule has 5 nitrogen and oxygen atoms in total. The summed E-state index contributed by atoms with van der Waals surface area (Å²) in [6.07, 6.45) is 9.36. The van der Waals surface area contributed by atoms with E-state index in [1.165, 1.54) is 7.11 Å². The average Bonchev–Trinajstić information content (AvgIpc) is 2.82. The smallest absolute Gasteiger partial charge is 0.312 e. The van der Waals surface area contributed by atoms with Gasteiger partial charge in [0.2, 0.25) is 0 Å². The van der Waals surface area contributed by atoms with E-state index in [0.29, 0.717) is 5.57 Å². The zero-order valence-corrected chi connectivity index (χ0v) is 22.6. The van der Waals surface area contributed by atoms with Crippen LogP contribution in [0.3, 0.4) is 0 Å². The number of carbonyl (C=O) groups excluding carboxylic acids is 3. The Morgan fingerprint density at radius 3 is 2.39 bits per heavy atom. The summed E-state index contributed by atoms with van der Waals surface area (Å²) in [7, 11) is 1.47. The van der Waals surface area contributed by atoms with Gasteiger partial charge >= 0.3 is 5.97 Å². The maximum atomic E-state index is 14.3. The number of fused-ring (bicyclic) bond motifs is 7. The first-order valence-electron chi connectivity index (χ1n) is 13.4. The van der Waals surface area contributed by atoms with Crippen LogP contribution < -0.4 is 0 Å². The van der Waals surface area contributed by atoms with Crippen LogP contribution in [0.2, 0.25) is 0 Å². The lowest BCUT2D eigenvalue weighted by Crippen LogP contribution is -2.65. The van der Waals surface area contributed by atoms with E-state index in [0.717, 1.165) is 50.5 Å². The number of ether oxygens (including phenoxy) is 1. The fourth-order valence-electron chi connectivity index (χ4n) is 9.44. The van der Waals surface area contributed by atoms with E-state index in [9.17, 15) is 19.6 Å². The van der Waals surface area contributed by atoms with Gasteiger partial charge in [-0.25, -0.2) is 0 Å². The second-order valence-corrected chi connectivity index (χ2v) is 13.7. The zero-order valence-electron chi connectivity index (χ0n) is 22.6. The van der Waals surface area contributed by atoms with Crippen LogP contribution in [0, 0.1) is 56.2 Å². The van der Waals surface area contributed by atoms with Gasteiger partial charge in [-0.15, -0.1) is 0 Å². The highest BCUT2D eigenvalue weighted by molar-refractivity contribution is 6.12. The molecule has 5 heteroatoms. The SMILES string of the molecule is C=C1C(=O)C(C#N)=C[C@]2(C)C3=CC(=O)C4C5CC(C)(C)CC[C@]5(C(=O)OC)CC[C@@]4(C)[C@]3(C)CCC12. The summed E-state index contributed by atoms with van der Waals surface area (Å²) >= 11 is 0. The maximum Gasteiger partial charge on any atom is 0.312 e. The number of nitriles is 1. The molecule has 0 saturated heterocycles. The Labute approximate surface area is 215 Å². The molecule has 0 bridgehead atoms. The number of ketones is 2. The fourth-order valence-corrected chi connectivity index (χ4v) is 9.44. The largest absolute Gasteiger partial charge is 0.469 e. The molecule has 0 aliphatic heterocycles. The number of hydrogen-bond donors (Lipinski definition) is 0. The highest BCUT2D eigenvalue weighted by atomic mass is 16.5. The molecule has 36 heavy (non-hydrogen) atoms. The molecular formula is C31H39NO4. The highest BCUT2D eigenvalue weighted by Crippen LogP contribution is 2.73. The normalized spacial score (nSPS) is 45.1. The van der Waals surface area contributed by atoms with Gasteiger partial charge in [0, 0.05) is 11.3 Å². The molecule has 0 aromatic rings. The van der Waals surface area contributed by atoms with Gasteiger partial charge < -0.3 is 4.74 Å². The summed E-state index contributed by atoms with van der Waals surface area (Å²) in [5.41, 5.74) is -0.118. The lowest BCUT2D eigenvalue weighted by molar-refractivity contribution is -0.189. The molecule has 0 heterocycles. The van der Waals surface area contributed by atoms with E-state index in [-0.39, 0.29) is 57.1 Å². The Bertz CT molecular complexity index is 1200. The van der Waals surface area contributed by atoms with Crippen molar-refractivity contribution in [2.45, 2.75) is 79.6 Å². The molecule has 5 aliphatic rings. The molecule has 5 rings (SSSR count). The van der Waals surface area contributed by atoms with Crippen LogP contribution in [-0.2, 0) is 19.1 Å². The minimum Gasteiger partial charge on any atom is -0.469 e. The van der Waals surface area contributed by atoms with Crippen LogP contribution in [0.25, 0.3) is 0 Å². The van der Waals surface area contributed by atoms with Gasteiger partial charge in [-0.05, 0) is 90.2 Å². The molecule has 192 valence electrons. The number of hydrogen-bond acceptors (Lipinski definition) is 5. The minimum atomic E-state index is -0.605. The first-order chi connectivity index (χ1) is 16.7. The number of Topliss-reactive ketones (excluding diaryl/α,β-unsaturated/α-hetero) is 1. The first-order valence-corrected chi connectivity index (χ1v) is 13.4. The second-order valence-electron chi connectivity index (χ2n) is 13.7. The number of carbonyl (C=O) groups is 3. The monoisotopic (exact) mass is 489 g/mol. The number of rotatable bonds is 1. The molecule has 0 aromatic heterocycles. The van der Waals surface area contributed by atoms with E-state index >= 15 is 0 Å². The van der Waals surface area contributed by atoms with Crippen molar-refractivity contribution in [3.63, 3.8) is 0 Å². The minimum absolute atomic E-state index is 0.0567. The van der Waals surface area contributed by atoms with Crippen molar-refractivity contribution in [2.24, 2.45) is 44.8 Å². The Morgan fingerprint density at radius 2 is 1.75 bits per heavy atom. The number of methoxy groups -OCH3 is 1. The van der Waals surface area contributed by atoms with Crippen molar-refractivity contribution in [3.8, 4) is 6.07 Å². The molecule has 3 unspecified atom stereocenters. The number of allylic oxidation sites excluding steroid dienone is 5. The van der Waals surface area contributed by atoms with Crippen LogP contribution in [0.4, 0.5) is 0 Å². The van der Waals surface area contributed by atoms with Gasteiger partial charge in [-0.1, -0.05) is 47.3 Å². The van der Waals surface area contributed by atoms with Gasteiger partial charge in [0.15, 0.2) is 11.6 Å². The predicted octanol–water partition coefficient (Wildman–Crippen LogP) is 5.91. The van der Waals surface area contributed by atoms with Gasteiger partial charge in [-0.3, -0.25) is 14.4 Å². The molecule has 3 saturated carbocycles. The Morgan fingerprint density at radius 1 is 1.08 bits per heavy atom. The quantitative estimate of drug-likeness (QED) is 0.338. The third-order valence-corrected chi connectivity index (χ3v) is 11.7. The lowest BCUT2D eigenvalue weighted by atomic mass is 9.35. The fraction of sp³-hybridized carbons (Fsp3) is 0.677. The Hall–Kier alpha value is -2.48. The van der Waals surface area contributed by atoms with Crippen molar-refractivity contribution in [1.29, 1.82) is 5.26 Å². The molecule has 0 radical (unpaired) electrons. The van der Waals surface area contributed by atoms with E-state index in [1.54, 1.807) is 0 Å². The molecule has 0 N–H and O–H groups in total. The average molecular weight is 490 g/mol. The van der Waals surface area contributed by atoms with E-state index in [4.69, 9.17) is 4.74 Å². The third-order valence-electron chi connectivity index (χ3n) is 11.7. The summed E-state index contributed by atoms with van der Waals surface area (Å²) in [4.78, 5) is 40.4. The van der Waals surface area contributed by atoms with Gasteiger partial charge in [0.1, 0.15) is 6.07 Å². The molecule has 3 fully saturated rings. The topological polar surface area (TPSA) is 84.2 Å². The maximum absolute atomic E-state index is 14.3. The molecule has 0 amide bonds. The van der Waals surface area contributed by atoms with Crippen LogP contribution in [0.15, 0.2) is 35.5 Å². The summed E-state index contributed by atoms with van der Waals surface area (Å²) in [5, 5.41) is 9.71. The summed E-state index contributed by atoms with van der Waals surface area (Å²) in [6, 6.07) is 2.08. The highest BCUT2D eigenvalue weighted by Gasteiger charge is 2.70. The number of nitrogens with zero attached hydrogens (tertiary/aromatic N) is 1. The molecule has 7 atom stereocenters. The van der Waals surface area contributed by atoms with Crippen molar-refractivity contribution in [1.82, 2.24) is 0 Å².